The minimum atomic E-state index is -0.284. The van der Waals surface area contributed by atoms with Crippen LogP contribution in [0.5, 0.6) is 0 Å². The Bertz CT molecular complexity index is 1340. The molecule has 0 saturated heterocycles. The van der Waals surface area contributed by atoms with Crippen LogP contribution in [0.15, 0.2) is 35.4 Å². The lowest BCUT2D eigenvalue weighted by Gasteiger charge is -2.36. The minimum Gasteiger partial charge on any atom is -0.358 e. The Hall–Kier alpha value is -3.76. The van der Waals surface area contributed by atoms with E-state index in [0.29, 0.717) is 11.8 Å². The topological polar surface area (TPSA) is 119 Å². The van der Waals surface area contributed by atoms with Gasteiger partial charge in [0.2, 0.25) is 5.89 Å². The molecular formula is C24H31N9O2. The average Bonchev–Trinajstić information content (AvgIpc) is 3.53. The molecule has 184 valence electrons. The Kier molecular flexibility index (Phi) is 5.78. The fourth-order valence-electron chi connectivity index (χ4n) is 4.33. The number of rotatable bonds is 7. The van der Waals surface area contributed by atoms with Crippen molar-refractivity contribution in [3.63, 3.8) is 0 Å². The lowest BCUT2D eigenvalue weighted by molar-refractivity contribution is 0.0873. The van der Waals surface area contributed by atoms with Crippen LogP contribution in [-0.4, -0.2) is 60.1 Å². The van der Waals surface area contributed by atoms with Crippen molar-refractivity contribution in [3.8, 4) is 11.3 Å². The van der Waals surface area contributed by atoms with Crippen molar-refractivity contribution in [1.29, 1.82) is 0 Å². The summed E-state index contributed by atoms with van der Waals surface area (Å²) in [5, 5.41) is 15.5. The largest absolute Gasteiger partial charge is 0.358 e. The van der Waals surface area contributed by atoms with Gasteiger partial charge in [-0.2, -0.15) is 15.2 Å². The molecule has 0 aliphatic heterocycles. The van der Waals surface area contributed by atoms with E-state index >= 15 is 0 Å². The van der Waals surface area contributed by atoms with Crippen molar-refractivity contribution in [2.75, 3.05) is 18.5 Å². The van der Waals surface area contributed by atoms with Gasteiger partial charge in [-0.15, -0.1) is 0 Å². The van der Waals surface area contributed by atoms with E-state index in [4.69, 9.17) is 9.51 Å². The van der Waals surface area contributed by atoms with Crippen molar-refractivity contribution in [3.05, 3.63) is 42.6 Å². The fourth-order valence-corrected chi connectivity index (χ4v) is 4.33. The Balaban J connectivity index is 1.16. The highest BCUT2D eigenvalue weighted by Gasteiger charge is 2.32. The molecule has 1 aliphatic carbocycles. The van der Waals surface area contributed by atoms with Gasteiger partial charge in [-0.1, -0.05) is 25.9 Å². The third-order valence-electron chi connectivity index (χ3n) is 6.45. The van der Waals surface area contributed by atoms with Crippen LogP contribution < -0.4 is 10.2 Å². The van der Waals surface area contributed by atoms with Crippen LogP contribution in [0.2, 0.25) is 0 Å². The van der Waals surface area contributed by atoms with Gasteiger partial charge in [-0.3, -0.25) is 9.48 Å². The van der Waals surface area contributed by atoms with Crippen LogP contribution in [0.1, 0.15) is 56.5 Å². The van der Waals surface area contributed by atoms with Gasteiger partial charge < -0.3 is 14.7 Å². The summed E-state index contributed by atoms with van der Waals surface area (Å²) in [6, 6.07) is 2.12. The second-order valence-corrected chi connectivity index (χ2v) is 10.4. The van der Waals surface area contributed by atoms with Crippen LogP contribution in [0.3, 0.4) is 0 Å². The molecule has 1 saturated carbocycles. The van der Waals surface area contributed by atoms with Crippen molar-refractivity contribution in [2.45, 2.75) is 51.5 Å². The molecule has 4 aromatic heterocycles. The summed E-state index contributed by atoms with van der Waals surface area (Å²) in [4.78, 5) is 23.8. The molecule has 0 atom stereocenters. The molecule has 0 spiro atoms. The zero-order chi connectivity index (χ0) is 24.7. The van der Waals surface area contributed by atoms with Gasteiger partial charge in [0, 0.05) is 43.9 Å². The first-order valence-corrected chi connectivity index (χ1v) is 11.9. The lowest BCUT2D eigenvalue weighted by Crippen LogP contribution is -2.45. The van der Waals surface area contributed by atoms with E-state index in [0.717, 1.165) is 48.4 Å². The summed E-state index contributed by atoms with van der Waals surface area (Å²) in [5.41, 5.74) is 2.47. The number of carbonyl (C=O) groups excluding carboxylic acids is 1. The predicted octanol–water partition coefficient (Wildman–Crippen LogP) is 2.85. The fraction of sp³-hybridized carbons (Fsp3) is 0.500. The van der Waals surface area contributed by atoms with Crippen LogP contribution in [0.4, 0.5) is 5.82 Å². The van der Waals surface area contributed by atoms with Gasteiger partial charge >= 0.3 is 0 Å². The van der Waals surface area contributed by atoms with Gasteiger partial charge in [0.25, 0.3) is 11.7 Å². The number of amides is 1. The van der Waals surface area contributed by atoms with Crippen molar-refractivity contribution in [1.82, 2.24) is 39.8 Å². The standard InChI is InChI=1S/C24H31N9O2/c1-24(2,3)23-29-20(30-35-23)22(34)27-17-10-15(11-17)7-9-31(4)21-19-6-8-25-33(19)14-18(28-21)16-12-26-32(5)13-16/h6,8,12-15,17H,7,9-11H2,1-5H3,(H,27,34). The first-order valence-electron chi connectivity index (χ1n) is 11.9. The second kappa shape index (κ2) is 8.79. The maximum absolute atomic E-state index is 12.5. The average molecular weight is 478 g/mol. The molecular weight excluding hydrogens is 446 g/mol. The van der Waals surface area contributed by atoms with Crippen molar-refractivity contribution < 1.29 is 9.32 Å². The zero-order valence-electron chi connectivity index (χ0n) is 20.8. The summed E-state index contributed by atoms with van der Waals surface area (Å²) in [5.74, 6) is 1.72. The molecule has 5 rings (SSSR count). The first kappa shape index (κ1) is 23.0. The molecule has 0 radical (unpaired) electrons. The normalized spacial score (nSPS) is 18.0. The van der Waals surface area contributed by atoms with E-state index in [1.54, 1.807) is 10.9 Å². The maximum Gasteiger partial charge on any atom is 0.292 e. The number of fused-ring (bicyclic) bond motifs is 1. The highest BCUT2D eigenvalue weighted by atomic mass is 16.5. The van der Waals surface area contributed by atoms with E-state index in [9.17, 15) is 4.79 Å². The minimum absolute atomic E-state index is 0.0995. The third-order valence-corrected chi connectivity index (χ3v) is 6.45. The van der Waals surface area contributed by atoms with Crippen LogP contribution in [-0.2, 0) is 12.5 Å². The molecule has 4 heterocycles. The molecule has 11 heteroatoms. The number of aromatic nitrogens is 7. The molecule has 1 amide bonds. The zero-order valence-corrected chi connectivity index (χ0v) is 20.8. The predicted molar refractivity (Wildman–Crippen MR) is 130 cm³/mol. The van der Waals surface area contributed by atoms with Crippen molar-refractivity contribution in [2.24, 2.45) is 13.0 Å². The van der Waals surface area contributed by atoms with Crippen LogP contribution in [0, 0.1) is 5.92 Å². The summed E-state index contributed by atoms with van der Waals surface area (Å²) in [7, 11) is 3.95. The van der Waals surface area contributed by atoms with E-state index < -0.39 is 0 Å². The summed E-state index contributed by atoms with van der Waals surface area (Å²) >= 11 is 0. The highest BCUT2D eigenvalue weighted by Crippen LogP contribution is 2.32. The number of nitrogens with one attached hydrogen (secondary N) is 1. The van der Waals surface area contributed by atoms with E-state index in [-0.39, 0.29) is 23.2 Å². The Labute approximate surface area is 203 Å². The number of hydrogen-bond acceptors (Lipinski definition) is 8. The molecule has 0 bridgehead atoms. The van der Waals surface area contributed by atoms with Gasteiger partial charge in [-0.05, 0) is 31.2 Å². The quantitative estimate of drug-likeness (QED) is 0.432. The number of hydrogen-bond donors (Lipinski definition) is 1. The first-order chi connectivity index (χ1) is 16.7. The SMILES string of the molecule is CN(CCC1CC(NC(=O)c2noc(C(C)(C)C)n2)C1)c1nc(-c2cnn(C)c2)cn2nccc12. The Morgan fingerprint density at radius 2 is 2.03 bits per heavy atom. The van der Waals surface area contributed by atoms with E-state index in [2.05, 4.69) is 37.6 Å². The molecule has 0 aromatic carbocycles. The van der Waals surface area contributed by atoms with E-state index in [1.165, 1.54) is 0 Å². The van der Waals surface area contributed by atoms with E-state index in [1.807, 2.05) is 57.0 Å². The molecule has 1 aliphatic rings. The number of carbonyl (C=O) groups is 1. The molecule has 11 nitrogen and oxygen atoms in total. The number of nitrogens with zero attached hydrogens (tertiary/aromatic N) is 8. The van der Waals surface area contributed by atoms with Gasteiger partial charge in [0.15, 0.2) is 5.82 Å². The third kappa shape index (κ3) is 4.75. The highest BCUT2D eigenvalue weighted by molar-refractivity contribution is 5.90. The molecule has 0 unspecified atom stereocenters. The van der Waals surface area contributed by atoms with Gasteiger partial charge in [0.1, 0.15) is 5.52 Å². The molecule has 4 aromatic rings. The molecule has 1 N–H and O–H groups in total. The second-order valence-electron chi connectivity index (χ2n) is 10.4. The lowest BCUT2D eigenvalue weighted by atomic mass is 9.78. The van der Waals surface area contributed by atoms with Gasteiger partial charge in [0.05, 0.1) is 24.3 Å². The number of aryl methyl sites for hydroxylation is 1. The van der Waals surface area contributed by atoms with Crippen LogP contribution in [0.25, 0.3) is 16.8 Å². The Morgan fingerprint density at radius 1 is 1.23 bits per heavy atom. The maximum atomic E-state index is 12.5. The summed E-state index contributed by atoms with van der Waals surface area (Å²) < 4.78 is 8.86. The van der Waals surface area contributed by atoms with Crippen molar-refractivity contribution >= 4 is 17.2 Å². The Morgan fingerprint density at radius 3 is 2.71 bits per heavy atom. The summed E-state index contributed by atoms with van der Waals surface area (Å²) in [6.07, 6.45) is 10.4. The smallest absolute Gasteiger partial charge is 0.292 e. The van der Waals surface area contributed by atoms with Gasteiger partial charge in [-0.25, -0.2) is 9.50 Å². The molecule has 35 heavy (non-hydrogen) atoms. The molecule has 1 fully saturated rings. The number of anilines is 1. The van der Waals surface area contributed by atoms with Crippen LogP contribution >= 0.6 is 0 Å². The monoisotopic (exact) mass is 477 g/mol. The summed E-state index contributed by atoms with van der Waals surface area (Å²) in [6.45, 7) is 6.77.